The van der Waals surface area contributed by atoms with Crippen molar-refractivity contribution in [3.8, 4) is 0 Å². The van der Waals surface area contributed by atoms with E-state index in [4.69, 9.17) is 4.74 Å². The highest BCUT2D eigenvalue weighted by Gasteiger charge is 2.49. The Hall–Kier alpha value is -0.860. The van der Waals surface area contributed by atoms with Gasteiger partial charge < -0.3 is 10.1 Å². The lowest BCUT2D eigenvalue weighted by atomic mass is 9.67. The van der Waals surface area contributed by atoms with E-state index < -0.39 is 0 Å². The van der Waals surface area contributed by atoms with Crippen LogP contribution < -0.4 is 5.32 Å². The second-order valence-electron chi connectivity index (χ2n) is 6.43. The third-order valence-corrected chi connectivity index (χ3v) is 5.31. The first-order chi connectivity index (χ1) is 9.06. The maximum atomic E-state index is 5.65. The molecule has 0 saturated carbocycles. The van der Waals surface area contributed by atoms with E-state index in [1.807, 2.05) is 0 Å². The predicted molar refractivity (Wildman–Crippen MR) is 78.9 cm³/mol. The summed E-state index contributed by atoms with van der Waals surface area (Å²) in [6.45, 7) is 12.0. The largest absolute Gasteiger partial charge is 0.379 e. The molecule has 19 heavy (non-hydrogen) atoms. The molecule has 0 aromatic heterocycles. The molecule has 0 amide bonds. The third kappa shape index (κ3) is 1.85. The van der Waals surface area contributed by atoms with Crippen LogP contribution >= 0.6 is 0 Å². The molecule has 104 valence electrons. The van der Waals surface area contributed by atoms with E-state index in [0.717, 1.165) is 19.8 Å². The van der Waals surface area contributed by atoms with E-state index in [2.05, 4.69) is 39.1 Å². The maximum Gasteiger partial charge on any atom is 0.0601 e. The van der Waals surface area contributed by atoms with Crippen LogP contribution in [0.25, 0.3) is 0 Å². The molecule has 1 unspecified atom stereocenters. The predicted octanol–water partition coefficient (Wildman–Crippen LogP) is 2.94. The average Bonchev–Trinajstić information content (AvgIpc) is 2.83. The highest BCUT2D eigenvalue weighted by molar-refractivity contribution is 5.50. The van der Waals surface area contributed by atoms with Gasteiger partial charge in [0.25, 0.3) is 0 Å². The van der Waals surface area contributed by atoms with E-state index in [0.29, 0.717) is 6.04 Å². The van der Waals surface area contributed by atoms with Crippen molar-refractivity contribution in [1.29, 1.82) is 0 Å². The van der Waals surface area contributed by atoms with Crippen molar-refractivity contribution in [3.63, 3.8) is 0 Å². The third-order valence-electron chi connectivity index (χ3n) is 5.31. The molecule has 0 spiro atoms. The number of rotatable bonds is 2. The molecular formula is C17H25NO. The summed E-state index contributed by atoms with van der Waals surface area (Å²) in [5.74, 6) is 0. The van der Waals surface area contributed by atoms with Crippen LogP contribution in [-0.4, -0.2) is 25.8 Å². The Kier molecular flexibility index (Phi) is 3.18. The summed E-state index contributed by atoms with van der Waals surface area (Å²) in [4.78, 5) is 0. The van der Waals surface area contributed by atoms with Gasteiger partial charge in [-0.1, -0.05) is 6.07 Å². The SMILES string of the molecule is Cc1cc(C)c(C)c(C2(C3CCCN3)COC2)c1C. The van der Waals surface area contributed by atoms with Crippen LogP contribution in [0, 0.1) is 27.7 Å². The lowest BCUT2D eigenvalue weighted by molar-refractivity contribution is -0.0767. The quantitative estimate of drug-likeness (QED) is 0.881. The zero-order chi connectivity index (χ0) is 13.6. The Morgan fingerprint density at radius 1 is 1.11 bits per heavy atom. The van der Waals surface area contributed by atoms with Crippen LogP contribution in [-0.2, 0) is 10.2 Å². The molecule has 2 aliphatic rings. The summed E-state index contributed by atoms with van der Waals surface area (Å²) in [5.41, 5.74) is 7.57. The Bertz CT molecular complexity index is 470. The minimum atomic E-state index is 0.224. The highest BCUT2D eigenvalue weighted by Crippen LogP contribution is 2.43. The van der Waals surface area contributed by atoms with Gasteiger partial charge in [-0.05, 0) is 74.9 Å². The summed E-state index contributed by atoms with van der Waals surface area (Å²) >= 11 is 0. The fourth-order valence-corrected chi connectivity index (χ4v) is 3.96. The normalized spacial score (nSPS) is 25.4. The second kappa shape index (κ2) is 4.60. The number of hydrogen-bond acceptors (Lipinski definition) is 2. The number of hydrogen-bond donors (Lipinski definition) is 1. The minimum Gasteiger partial charge on any atom is -0.379 e. The molecule has 1 aromatic carbocycles. The zero-order valence-electron chi connectivity index (χ0n) is 12.6. The van der Waals surface area contributed by atoms with Crippen LogP contribution in [0.5, 0.6) is 0 Å². The van der Waals surface area contributed by atoms with Gasteiger partial charge >= 0.3 is 0 Å². The van der Waals surface area contributed by atoms with Crippen molar-refractivity contribution in [1.82, 2.24) is 5.32 Å². The zero-order valence-corrected chi connectivity index (χ0v) is 12.6. The van der Waals surface area contributed by atoms with E-state index in [-0.39, 0.29) is 5.41 Å². The van der Waals surface area contributed by atoms with Crippen molar-refractivity contribution < 1.29 is 4.74 Å². The molecule has 2 heteroatoms. The van der Waals surface area contributed by atoms with Crippen LogP contribution in [0.2, 0.25) is 0 Å². The van der Waals surface area contributed by atoms with Gasteiger partial charge in [0.1, 0.15) is 0 Å². The first-order valence-corrected chi connectivity index (χ1v) is 7.45. The Balaban J connectivity index is 2.14. The molecule has 3 rings (SSSR count). The summed E-state index contributed by atoms with van der Waals surface area (Å²) in [7, 11) is 0. The van der Waals surface area contributed by atoms with Gasteiger partial charge in [-0.15, -0.1) is 0 Å². The summed E-state index contributed by atoms with van der Waals surface area (Å²) < 4.78 is 5.65. The highest BCUT2D eigenvalue weighted by atomic mass is 16.5. The molecule has 2 fully saturated rings. The van der Waals surface area contributed by atoms with Crippen LogP contribution in [0.4, 0.5) is 0 Å². The summed E-state index contributed by atoms with van der Waals surface area (Å²) in [5, 5.41) is 3.71. The maximum absolute atomic E-state index is 5.65. The minimum absolute atomic E-state index is 0.224. The van der Waals surface area contributed by atoms with Gasteiger partial charge in [-0.25, -0.2) is 0 Å². The summed E-state index contributed by atoms with van der Waals surface area (Å²) in [6.07, 6.45) is 2.59. The van der Waals surface area contributed by atoms with E-state index in [9.17, 15) is 0 Å². The number of ether oxygens (including phenoxy) is 1. The van der Waals surface area contributed by atoms with Crippen molar-refractivity contribution in [3.05, 3.63) is 33.9 Å². The molecule has 0 aliphatic carbocycles. The lowest BCUT2D eigenvalue weighted by Gasteiger charge is -2.48. The lowest BCUT2D eigenvalue weighted by Crippen LogP contribution is -2.59. The van der Waals surface area contributed by atoms with Crippen LogP contribution in [0.1, 0.15) is 40.7 Å². The molecule has 2 aliphatic heterocycles. The molecule has 2 saturated heterocycles. The fourth-order valence-electron chi connectivity index (χ4n) is 3.96. The smallest absolute Gasteiger partial charge is 0.0601 e. The van der Waals surface area contributed by atoms with Gasteiger partial charge in [-0.3, -0.25) is 0 Å². The molecule has 1 N–H and O–H groups in total. The van der Waals surface area contributed by atoms with Gasteiger partial charge in [0.15, 0.2) is 0 Å². The molecular weight excluding hydrogens is 234 g/mol. The van der Waals surface area contributed by atoms with Crippen LogP contribution in [0.3, 0.4) is 0 Å². The van der Waals surface area contributed by atoms with Gasteiger partial charge in [0.05, 0.1) is 18.6 Å². The Morgan fingerprint density at radius 3 is 2.16 bits per heavy atom. The number of nitrogens with one attached hydrogen (secondary N) is 1. The van der Waals surface area contributed by atoms with Crippen LogP contribution in [0.15, 0.2) is 6.07 Å². The first-order valence-electron chi connectivity index (χ1n) is 7.45. The monoisotopic (exact) mass is 259 g/mol. The molecule has 2 heterocycles. The van der Waals surface area contributed by atoms with Crippen molar-refractivity contribution >= 4 is 0 Å². The van der Waals surface area contributed by atoms with Gasteiger partial charge in [-0.2, -0.15) is 0 Å². The van der Waals surface area contributed by atoms with E-state index in [1.165, 1.54) is 35.1 Å². The van der Waals surface area contributed by atoms with Crippen molar-refractivity contribution in [2.24, 2.45) is 0 Å². The molecule has 1 atom stereocenters. The van der Waals surface area contributed by atoms with Gasteiger partial charge in [0.2, 0.25) is 0 Å². The Morgan fingerprint density at radius 2 is 1.74 bits per heavy atom. The first kappa shape index (κ1) is 13.1. The van der Waals surface area contributed by atoms with E-state index >= 15 is 0 Å². The molecule has 0 radical (unpaired) electrons. The molecule has 0 bridgehead atoms. The van der Waals surface area contributed by atoms with Gasteiger partial charge in [0, 0.05) is 6.04 Å². The second-order valence-corrected chi connectivity index (χ2v) is 6.43. The molecule has 2 nitrogen and oxygen atoms in total. The van der Waals surface area contributed by atoms with Crippen molar-refractivity contribution in [2.45, 2.75) is 52.0 Å². The standard InChI is InChI=1S/C17H25NO/c1-11-8-12(2)14(4)16(13(11)3)17(9-19-10-17)15-6-5-7-18-15/h8,15,18H,5-7,9-10H2,1-4H3. The molecule has 1 aromatic rings. The Labute approximate surface area is 116 Å². The van der Waals surface area contributed by atoms with Crippen molar-refractivity contribution in [2.75, 3.05) is 19.8 Å². The fraction of sp³-hybridized carbons (Fsp3) is 0.647. The number of benzene rings is 1. The topological polar surface area (TPSA) is 21.3 Å². The summed E-state index contributed by atoms with van der Waals surface area (Å²) in [6, 6.07) is 2.92. The van der Waals surface area contributed by atoms with E-state index in [1.54, 1.807) is 5.56 Å². The average molecular weight is 259 g/mol. The number of aryl methyl sites for hydroxylation is 2.